The molecule has 0 aliphatic rings. The Morgan fingerprint density at radius 3 is 1.57 bits per heavy atom. The van der Waals surface area contributed by atoms with Crippen molar-refractivity contribution >= 4 is 53.3 Å². The van der Waals surface area contributed by atoms with Gasteiger partial charge in [-0.2, -0.15) is 0 Å². The average molecular weight is 730 g/mol. The smallest absolute Gasteiger partial charge is 0.0541 e. The molecular weight excluding hydrogens is 695 g/mol. The second-order valence-corrected chi connectivity index (χ2v) is 15.6. The Labute approximate surface area is 330 Å². The number of para-hydroxylation sites is 1. The summed E-state index contributed by atoms with van der Waals surface area (Å²) in [6.07, 6.45) is 0. The molecule has 0 radical (unpaired) electrons. The average Bonchev–Trinajstić information content (AvgIpc) is 3.83. The first-order chi connectivity index (χ1) is 27.7. The lowest BCUT2D eigenvalue weighted by Gasteiger charge is -2.14. The Hall–Kier alpha value is -7.00. The number of fused-ring (bicyclic) bond motifs is 6. The lowest BCUT2D eigenvalue weighted by Crippen LogP contribution is -1.94. The van der Waals surface area contributed by atoms with Crippen molar-refractivity contribution in [2.75, 3.05) is 0 Å². The summed E-state index contributed by atoms with van der Waals surface area (Å²) in [7, 11) is 0. The van der Waals surface area contributed by atoms with E-state index >= 15 is 0 Å². The van der Waals surface area contributed by atoms with E-state index in [1.807, 2.05) is 11.3 Å². The highest BCUT2D eigenvalue weighted by molar-refractivity contribution is 7.26. The van der Waals surface area contributed by atoms with Gasteiger partial charge in [-0.15, -0.1) is 11.3 Å². The fourth-order valence-corrected chi connectivity index (χ4v) is 9.72. The van der Waals surface area contributed by atoms with Crippen molar-refractivity contribution in [3.05, 3.63) is 212 Å². The molecule has 11 rings (SSSR count). The number of rotatable bonds is 6. The van der Waals surface area contributed by atoms with Crippen LogP contribution >= 0.6 is 11.3 Å². The van der Waals surface area contributed by atoms with E-state index in [1.54, 1.807) is 0 Å². The topological polar surface area (TPSA) is 4.93 Å². The molecule has 2 heterocycles. The van der Waals surface area contributed by atoms with Crippen LogP contribution in [0, 0.1) is 0 Å². The number of hydrogen-bond acceptors (Lipinski definition) is 1. The summed E-state index contributed by atoms with van der Waals surface area (Å²) in [5, 5.41) is 5.16. The van der Waals surface area contributed by atoms with Crippen molar-refractivity contribution < 1.29 is 0 Å². The molecule has 0 unspecified atom stereocenters. The number of nitrogens with zero attached hydrogens (tertiary/aromatic N) is 1. The van der Waals surface area contributed by atoms with Gasteiger partial charge in [0, 0.05) is 36.6 Å². The normalized spacial score (nSPS) is 11.6. The predicted molar refractivity (Wildman–Crippen MR) is 241 cm³/mol. The van der Waals surface area contributed by atoms with Crippen molar-refractivity contribution in [3.63, 3.8) is 0 Å². The van der Waals surface area contributed by atoms with Gasteiger partial charge in [-0.1, -0.05) is 152 Å². The molecule has 0 spiro atoms. The predicted octanol–water partition coefficient (Wildman–Crippen LogP) is 15.5. The first kappa shape index (κ1) is 32.4. The minimum atomic E-state index is 1.14. The van der Waals surface area contributed by atoms with Gasteiger partial charge in [-0.05, 0) is 116 Å². The third kappa shape index (κ3) is 5.54. The van der Waals surface area contributed by atoms with Gasteiger partial charge in [-0.25, -0.2) is 0 Å². The molecule has 0 aliphatic heterocycles. The largest absolute Gasteiger partial charge is 0.309 e. The van der Waals surface area contributed by atoms with Crippen molar-refractivity contribution in [1.29, 1.82) is 0 Å². The third-order valence-corrected chi connectivity index (χ3v) is 12.4. The summed E-state index contributed by atoms with van der Waals surface area (Å²) >= 11 is 1.89. The van der Waals surface area contributed by atoms with Gasteiger partial charge in [0.05, 0.1) is 11.0 Å². The van der Waals surface area contributed by atoms with Crippen LogP contribution in [0.5, 0.6) is 0 Å². The lowest BCUT2D eigenvalue weighted by atomic mass is 9.92. The van der Waals surface area contributed by atoms with E-state index in [-0.39, 0.29) is 0 Å². The number of hydrogen-bond donors (Lipinski definition) is 0. The van der Waals surface area contributed by atoms with Gasteiger partial charge in [0.1, 0.15) is 0 Å². The molecule has 9 aromatic carbocycles. The zero-order valence-electron chi connectivity index (χ0n) is 30.6. The van der Waals surface area contributed by atoms with Crippen LogP contribution in [0.1, 0.15) is 0 Å². The Balaban J connectivity index is 1.06. The summed E-state index contributed by atoms with van der Waals surface area (Å²) in [5.41, 5.74) is 15.7. The fourth-order valence-electron chi connectivity index (χ4n) is 8.48. The zero-order chi connectivity index (χ0) is 37.0. The van der Waals surface area contributed by atoms with Crippen LogP contribution in [0.25, 0.3) is 103 Å². The maximum absolute atomic E-state index is 2.43. The second-order valence-electron chi connectivity index (χ2n) is 14.5. The molecule has 262 valence electrons. The second kappa shape index (κ2) is 13.4. The van der Waals surface area contributed by atoms with Crippen molar-refractivity contribution in [1.82, 2.24) is 4.57 Å². The molecule has 0 bridgehead atoms. The molecule has 11 aromatic rings. The summed E-state index contributed by atoms with van der Waals surface area (Å²) < 4.78 is 5.10. The van der Waals surface area contributed by atoms with E-state index in [0.29, 0.717) is 0 Å². The third-order valence-electron chi connectivity index (χ3n) is 11.2. The van der Waals surface area contributed by atoms with E-state index in [9.17, 15) is 0 Å². The summed E-state index contributed by atoms with van der Waals surface area (Å²) in [6.45, 7) is 0. The van der Waals surface area contributed by atoms with Gasteiger partial charge in [0.2, 0.25) is 0 Å². The maximum atomic E-state index is 2.43. The number of benzene rings is 9. The minimum Gasteiger partial charge on any atom is -0.309 e. The van der Waals surface area contributed by atoms with Crippen molar-refractivity contribution in [2.24, 2.45) is 0 Å². The molecule has 1 nitrogen and oxygen atoms in total. The maximum Gasteiger partial charge on any atom is 0.0541 e. The summed E-state index contributed by atoms with van der Waals surface area (Å²) in [4.78, 5) is 0. The van der Waals surface area contributed by atoms with E-state index in [0.717, 1.165) is 5.69 Å². The van der Waals surface area contributed by atoms with Crippen LogP contribution in [0.4, 0.5) is 0 Å². The first-order valence-electron chi connectivity index (χ1n) is 19.2. The highest BCUT2D eigenvalue weighted by Crippen LogP contribution is 2.42. The molecule has 0 fully saturated rings. The quantitative estimate of drug-likeness (QED) is 0.161. The molecule has 56 heavy (non-hydrogen) atoms. The molecule has 0 saturated carbocycles. The molecule has 0 atom stereocenters. The van der Waals surface area contributed by atoms with E-state index in [1.165, 1.54) is 97.6 Å². The fraction of sp³-hybridized carbons (Fsp3) is 0. The van der Waals surface area contributed by atoms with Crippen LogP contribution in [0.15, 0.2) is 212 Å². The lowest BCUT2D eigenvalue weighted by molar-refractivity contribution is 1.18. The molecule has 0 saturated heterocycles. The van der Waals surface area contributed by atoms with Gasteiger partial charge >= 0.3 is 0 Å². The highest BCUT2D eigenvalue weighted by atomic mass is 32.1. The Morgan fingerprint density at radius 2 is 0.804 bits per heavy atom. The van der Waals surface area contributed by atoms with E-state index in [2.05, 4.69) is 217 Å². The van der Waals surface area contributed by atoms with Crippen molar-refractivity contribution in [3.8, 4) is 61.3 Å². The van der Waals surface area contributed by atoms with Crippen LogP contribution in [-0.2, 0) is 0 Å². The van der Waals surface area contributed by atoms with E-state index < -0.39 is 0 Å². The molecule has 0 aliphatic carbocycles. The molecule has 0 N–H and O–H groups in total. The monoisotopic (exact) mass is 729 g/mol. The van der Waals surface area contributed by atoms with Crippen LogP contribution in [0.3, 0.4) is 0 Å². The Kier molecular flexibility index (Phi) is 7.75. The first-order valence-corrected chi connectivity index (χ1v) is 20.0. The molecule has 2 heteroatoms. The van der Waals surface area contributed by atoms with Gasteiger partial charge in [0.15, 0.2) is 0 Å². The van der Waals surface area contributed by atoms with Gasteiger partial charge in [0.25, 0.3) is 0 Å². The number of aromatic nitrogens is 1. The summed E-state index contributed by atoms with van der Waals surface area (Å²) in [5.74, 6) is 0. The van der Waals surface area contributed by atoms with Crippen LogP contribution in [-0.4, -0.2) is 4.57 Å². The molecule has 0 amide bonds. The molecule has 2 aromatic heterocycles. The standard InChI is InChI=1S/C54H35NS/c1-3-14-36(15-4-1)38-18-11-19-39(30-38)43-31-42(37-16-5-2-6-17-37)32-44(33-43)40-20-12-21-45(34-40)55-51-26-9-7-22-47(51)50-35-41(28-29-52(50)55)46-24-13-25-49-48-23-8-10-27-53(48)56-54(46)49/h1-35H. The summed E-state index contributed by atoms with van der Waals surface area (Å²) in [6, 6.07) is 77.7. The van der Waals surface area contributed by atoms with Gasteiger partial charge < -0.3 is 4.57 Å². The van der Waals surface area contributed by atoms with Crippen molar-refractivity contribution in [2.45, 2.75) is 0 Å². The SMILES string of the molecule is c1ccc(-c2cccc(-c3cc(-c4ccccc4)cc(-c4cccc(-n5c6ccccc6c6cc(-c7cccc8c7sc7ccccc78)ccc65)c4)c3)c2)cc1. The van der Waals surface area contributed by atoms with Crippen LogP contribution < -0.4 is 0 Å². The van der Waals surface area contributed by atoms with Gasteiger partial charge in [-0.3, -0.25) is 0 Å². The Bertz CT molecular complexity index is 3240. The molecular formula is C54H35NS. The van der Waals surface area contributed by atoms with Crippen LogP contribution in [0.2, 0.25) is 0 Å². The number of thiophene rings is 1. The highest BCUT2D eigenvalue weighted by Gasteiger charge is 2.17. The zero-order valence-corrected chi connectivity index (χ0v) is 31.4. The van der Waals surface area contributed by atoms with E-state index in [4.69, 9.17) is 0 Å². The minimum absolute atomic E-state index is 1.14. The Morgan fingerprint density at radius 1 is 0.286 bits per heavy atom.